The number of amides is 1. The van der Waals surface area contributed by atoms with Crippen molar-refractivity contribution >= 4 is 63.5 Å². The summed E-state index contributed by atoms with van der Waals surface area (Å²) in [6.45, 7) is 1.66. The lowest BCUT2D eigenvalue weighted by Gasteiger charge is -2.04. The number of hydrogen-bond donors (Lipinski definition) is 2. The number of ether oxygens (including phenoxy) is 1. The van der Waals surface area contributed by atoms with E-state index in [1.165, 1.54) is 30.6 Å². The Morgan fingerprint density at radius 1 is 1.14 bits per heavy atom. The molecule has 2 N–H and O–H groups in total. The molecule has 10 heteroatoms. The monoisotopic (exact) mass is 468 g/mol. The maximum atomic E-state index is 12.2. The number of carbonyl (C=O) groups is 2. The van der Waals surface area contributed by atoms with Gasteiger partial charge in [0, 0.05) is 5.38 Å². The van der Waals surface area contributed by atoms with Crippen molar-refractivity contribution in [3.63, 3.8) is 0 Å². The third-order valence-electron chi connectivity index (χ3n) is 3.88. The summed E-state index contributed by atoms with van der Waals surface area (Å²) in [5.41, 5.74) is 4.05. The molecule has 0 aliphatic carbocycles. The van der Waals surface area contributed by atoms with Gasteiger partial charge >= 0.3 is 5.97 Å². The zero-order chi connectivity index (χ0) is 21.1. The van der Waals surface area contributed by atoms with Crippen LogP contribution in [-0.4, -0.2) is 29.8 Å². The smallest absolute Gasteiger partial charge is 0.348 e. The number of benzene rings is 1. The van der Waals surface area contributed by atoms with Gasteiger partial charge in [-0.15, -0.1) is 22.7 Å². The molecule has 0 saturated carbocycles. The number of nitrogens with zero attached hydrogens (tertiary/aromatic N) is 1. The van der Waals surface area contributed by atoms with Gasteiger partial charge in [0.2, 0.25) is 0 Å². The number of halogens is 2. The third kappa shape index (κ3) is 4.62. The van der Waals surface area contributed by atoms with E-state index in [9.17, 15) is 14.7 Å². The van der Waals surface area contributed by atoms with Gasteiger partial charge in [0.25, 0.3) is 5.91 Å². The number of esters is 1. The molecule has 0 bridgehead atoms. The Kier molecular flexibility index (Phi) is 6.59. The third-order valence-corrected chi connectivity index (χ3v) is 6.70. The van der Waals surface area contributed by atoms with Crippen LogP contribution in [0.4, 0.5) is 0 Å². The molecular weight excluding hydrogens is 455 g/mol. The Hall–Kier alpha value is -2.39. The van der Waals surface area contributed by atoms with Crippen LogP contribution in [0.3, 0.4) is 0 Å². The molecule has 0 atom stereocenters. The van der Waals surface area contributed by atoms with Gasteiger partial charge in [-0.3, -0.25) is 4.79 Å². The van der Waals surface area contributed by atoms with Gasteiger partial charge in [-0.25, -0.2) is 10.2 Å². The molecule has 0 aliphatic rings. The van der Waals surface area contributed by atoms with E-state index in [1.54, 1.807) is 30.5 Å². The van der Waals surface area contributed by atoms with E-state index >= 15 is 0 Å². The summed E-state index contributed by atoms with van der Waals surface area (Å²) in [4.78, 5) is 25.0. The molecular formula is C19H14Cl2N2O4S2. The molecule has 0 fully saturated rings. The van der Waals surface area contributed by atoms with Crippen molar-refractivity contribution in [3.05, 3.63) is 61.1 Å². The maximum Gasteiger partial charge on any atom is 0.348 e. The molecule has 3 rings (SSSR count). The first-order chi connectivity index (χ1) is 13.8. The fraction of sp³-hybridized carbons (Fsp3) is 0.105. The lowest BCUT2D eigenvalue weighted by Crippen LogP contribution is -2.18. The van der Waals surface area contributed by atoms with E-state index < -0.39 is 11.9 Å². The Morgan fingerprint density at radius 3 is 2.55 bits per heavy atom. The van der Waals surface area contributed by atoms with Crippen molar-refractivity contribution in [1.82, 2.24) is 5.43 Å². The fourth-order valence-corrected chi connectivity index (χ4v) is 4.49. The first-order valence-corrected chi connectivity index (χ1v) is 10.6. The Bertz CT molecular complexity index is 1120. The van der Waals surface area contributed by atoms with E-state index in [0.29, 0.717) is 36.0 Å². The number of nitrogens with one attached hydrogen (secondary N) is 1. The molecule has 0 unspecified atom stereocenters. The van der Waals surface area contributed by atoms with Gasteiger partial charge in [0.05, 0.1) is 38.2 Å². The predicted octanol–water partition coefficient (Wildman–Crippen LogP) is 5.43. The lowest BCUT2D eigenvalue weighted by molar-refractivity contribution is 0.0606. The van der Waals surface area contributed by atoms with Crippen molar-refractivity contribution in [2.24, 2.45) is 5.10 Å². The number of carbonyl (C=O) groups excluding carboxylic acids is 2. The summed E-state index contributed by atoms with van der Waals surface area (Å²) in [6.07, 6.45) is 0. The molecule has 29 heavy (non-hydrogen) atoms. The highest BCUT2D eigenvalue weighted by Gasteiger charge is 2.17. The van der Waals surface area contributed by atoms with Gasteiger partial charge in [0.15, 0.2) is 0 Å². The topological polar surface area (TPSA) is 88.0 Å². The molecule has 2 aromatic heterocycles. The highest BCUT2D eigenvalue weighted by atomic mass is 35.5. The minimum Gasteiger partial charge on any atom is -0.506 e. The van der Waals surface area contributed by atoms with Crippen LogP contribution in [-0.2, 0) is 4.74 Å². The largest absolute Gasteiger partial charge is 0.506 e. The van der Waals surface area contributed by atoms with Gasteiger partial charge in [-0.1, -0.05) is 29.3 Å². The van der Waals surface area contributed by atoms with Crippen LogP contribution in [0.1, 0.15) is 31.8 Å². The predicted molar refractivity (Wildman–Crippen MR) is 117 cm³/mol. The highest BCUT2D eigenvalue weighted by Crippen LogP contribution is 2.40. The number of hydrazone groups is 1. The summed E-state index contributed by atoms with van der Waals surface area (Å²) in [5.74, 6) is -0.941. The summed E-state index contributed by atoms with van der Waals surface area (Å²) in [7, 11) is 1.27. The summed E-state index contributed by atoms with van der Waals surface area (Å²) < 4.78 is 4.62. The molecule has 6 nitrogen and oxygen atoms in total. The summed E-state index contributed by atoms with van der Waals surface area (Å²) in [6, 6.07) is 8.11. The Balaban J connectivity index is 1.77. The quantitative estimate of drug-likeness (QED) is 0.296. The second-order valence-corrected chi connectivity index (χ2v) is 8.53. The van der Waals surface area contributed by atoms with Gasteiger partial charge < -0.3 is 9.84 Å². The molecule has 0 aliphatic heterocycles. The molecule has 150 valence electrons. The Labute approximate surface area is 184 Å². The summed E-state index contributed by atoms with van der Waals surface area (Å²) in [5, 5.41) is 17.2. The molecule has 0 radical (unpaired) electrons. The van der Waals surface area contributed by atoms with E-state index in [2.05, 4.69) is 15.3 Å². The zero-order valence-electron chi connectivity index (χ0n) is 15.2. The average molecular weight is 469 g/mol. The molecule has 1 aromatic carbocycles. The van der Waals surface area contributed by atoms with Crippen LogP contribution in [0.2, 0.25) is 10.0 Å². The first kappa shape index (κ1) is 21.3. The standard InChI is InChI=1S/C19H14Cl2N2O4S2/c1-9(22-23-18(25)14-5-6-15(29-14)19(26)27-2)11-8-28-17(16(11)24)10-3-4-12(20)13(21)7-10/h3-8,24H,1-2H3,(H,23,25). The normalized spacial score (nSPS) is 11.4. The van der Waals surface area contributed by atoms with Crippen molar-refractivity contribution < 1.29 is 19.4 Å². The minimum absolute atomic E-state index is 0.0352. The van der Waals surface area contributed by atoms with Crippen molar-refractivity contribution in [3.8, 4) is 16.2 Å². The van der Waals surface area contributed by atoms with Gasteiger partial charge in [-0.05, 0) is 36.8 Å². The molecule has 0 saturated heterocycles. The van der Waals surface area contributed by atoms with Crippen molar-refractivity contribution in [2.75, 3.05) is 7.11 Å². The van der Waals surface area contributed by atoms with Crippen LogP contribution < -0.4 is 5.43 Å². The number of methoxy groups -OCH3 is 1. The molecule has 0 spiro atoms. The van der Waals surface area contributed by atoms with E-state index in [1.807, 2.05) is 0 Å². The number of aromatic hydroxyl groups is 1. The average Bonchev–Trinajstić information content (AvgIpc) is 3.34. The van der Waals surface area contributed by atoms with Crippen LogP contribution in [0, 0.1) is 0 Å². The number of rotatable bonds is 5. The van der Waals surface area contributed by atoms with Crippen molar-refractivity contribution in [1.29, 1.82) is 0 Å². The number of thiophene rings is 2. The Morgan fingerprint density at radius 2 is 1.86 bits per heavy atom. The molecule has 2 heterocycles. The van der Waals surface area contributed by atoms with Gasteiger partial charge in [-0.2, -0.15) is 5.10 Å². The first-order valence-electron chi connectivity index (χ1n) is 8.10. The SMILES string of the molecule is COC(=O)c1ccc(C(=O)NN=C(C)c2csc(-c3ccc(Cl)c(Cl)c3)c2O)s1. The number of hydrogen-bond acceptors (Lipinski definition) is 7. The van der Waals surface area contributed by atoms with Gasteiger partial charge in [0.1, 0.15) is 10.6 Å². The minimum atomic E-state index is -0.508. The van der Waals surface area contributed by atoms with Crippen LogP contribution in [0.5, 0.6) is 5.75 Å². The van der Waals surface area contributed by atoms with E-state index in [-0.39, 0.29) is 5.75 Å². The zero-order valence-corrected chi connectivity index (χ0v) is 18.3. The summed E-state index contributed by atoms with van der Waals surface area (Å²) >= 11 is 14.3. The van der Waals surface area contributed by atoms with Crippen LogP contribution in [0.25, 0.3) is 10.4 Å². The van der Waals surface area contributed by atoms with Crippen molar-refractivity contribution in [2.45, 2.75) is 6.92 Å². The second kappa shape index (κ2) is 8.96. The lowest BCUT2D eigenvalue weighted by atomic mass is 10.1. The van der Waals surface area contributed by atoms with E-state index in [4.69, 9.17) is 23.2 Å². The fourth-order valence-electron chi connectivity index (χ4n) is 2.37. The van der Waals surface area contributed by atoms with E-state index in [0.717, 1.165) is 16.9 Å². The highest BCUT2D eigenvalue weighted by molar-refractivity contribution is 7.16. The van der Waals surface area contributed by atoms with Crippen LogP contribution >= 0.6 is 45.9 Å². The maximum absolute atomic E-state index is 12.2. The molecule has 1 amide bonds. The second-order valence-electron chi connectivity index (χ2n) is 5.75. The molecule has 3 aromatic rings. The van der Waals surface area contributed by atoms with Crippen LogP contribution in [0.15, 0.2) is 40.8 Å².